The summed E-state index contributed by atoms with van der Waals surface area (Å²) in [4.78, 5) is 11.5. The number of rotatable bonds is 3. The van der Waals surface area contributed by atoms with E-state index >= 15 is 0 Å². The molecule has 1 aliphatic rings. The number of ether oxygens (including phenoxy) is 1. The molecule has 0 aliphatic heterocycles. The molecule has 0 bridgehead atoms. The van der Waals surface area contributed by atoms with Crippen molar-refractivity contribution in [3.8, 4) is 0 Å². The highest BCUT2D eigenvalue weighted by atomic mass is 16.5. The van der Waals surface area contributed by atoms with E-state index < -0.39 is 5.97 Å². The number of carbonyl (C=O) groups is 1. The Labute approximate surface area is 101 Å². The molecule has 17 heavy (non-hydrogen) atoms. The Morgan fingerprint density at radius 2 is 2.18 bits per heavy atom. The standard InChI is InChI=1S/C13H18N2O2/c1-8-5-10(6-8)15-9-3-4-12(14)11(7-9)13(16)17-2/h3-4,7-8,10,15H,5-6,14H2,1-2H3. The molecule has 1 aliphatic carbocycles. The van der Waals surface area contributed by atoms with E-state index in [1.807, 2.05) is 6.07 Å². The highest BCUT2D eigenvalue weighted by Crippen LogP contribution is 2.30. The molecule has 0 radical (unpaired) electrons. The van der Waals surface area contributed by atoms with Gasteiger partial charge in [0.25, 0.3) is 0 Å². The Kier molecular flexibility index (Phi) is 3.22. The van der Waals surface area contributed by atoms with Crippen LogP contribution in [0.25, 0.3) is 0 Å². The Morgan fingerprint density at radius 3 is 2.76 bits per heavy atom. The monoisotopic (exact) mass is 234 g/mol. The molecular weight excluding hydrogens is 216 g/mol. The fourth-order valence-electron chi connectivity index (χ4n) is 2.19. The van der Waals surface area contributed by atoms with Gasteiger partial charge in [0.05, 0.1) is 12.7 Å². The van der Waals surface area contributed by atoms with Crippen molar-refractivity contribution in [2.75, 3.05) is 18.2 Å². The lowest BCUT2D eigenvalue weighted by atomic mass is 9.82. The quantitative estimate of drug-likeness (QED) is 0.622. The molecule has 92 valence electrons. The third-order valence-corrected chi connectivity index (χ3v) is 3.20. The van der Waals surface area contributed by atoms with E-state index in [2.05, 4.69) is 17.0 Å². The molecule has 1 saturated carbocycles. The molecule has 0 heterocycles. The van der Waals surface area contributed by atoms with Gasteiger partial charge in [0, 0.05) is 17.4 Å². The second kappa shape index (κ2) is 4.65. The number of carbonyl (C=O) groups excluding carboxylic acids is 1. The normalized spacial score (nSPS) is 22.7. The summed E-state index contributed by atoms with van der Waals surface area (Å²) in [6, 6.07) is 5.89. The molecule has 0 unspecified atom stereocenters. The van der Waals surface area contributed by atoms with Gasteiger partial charge >= 0.3 is 5.97 Å². The van der Waals surface area contributed by atoms with Crippen molar-refractivity contribution >= 4 is 17.3 Å². The van der Waals surface area contributed by atoms with Crippen LogP contribution in [0.1, 0.15) is 30.1 Å². The Balaban J connectivity index is 2.10. The molecule has 1 aromatic carbocycles. The fraction of sp³-hybridized carbons (Fsp3) is 0.462. The largest absolute Gasteiger partial charge is 0.465 e. The maximum atomic E-state index is 11.5. The van der Waals surface area contributed by atoms with Crippen LogP contribution in [-0.4, -0.2) is 19.1 Å². The van der Waals surface area contributed by atoms with E-state index in [9.17, 15) is 4.79 Å². The molecule has 0 spiro atoms. The van der Waals surface area contributed by atoms with E-state index in [1.165, 1.54) is 20.0 Å². The van der Waals surface area contributed by atoms with E-state index in [4.69, 9.17) is 5.73 Å². The topological polar surface area (TPSA) is 64.3 Å². The van der Waals surface area contributed by atoms with Crippen LogP contribution in [0, 0.1) is 5.92 Å². The van der Waals surface area contributed by atoms with Gasteiger partial charge in [-0.1, -0.05) is 6.92 Å². The highest BCUT2D eigenvalue weighted by Gasteiger charge is 2.25. The molecule has 1 aromatic rings. The summed E-state index contributed by atoms with van der Waals surface area (Å²) in [6.45, 7) is 2.24. The molecule has 0 aromatic heterocycles. The first-order valence-electron chi connectivity index (χ1n) is 5.84. The molecule has 3 N–H and O–H groups in total. The maximum Gasteiger partial charge on any atom is 0.340 e. The van der Waals surface area contributed by atoms with Gasteiger partial charge in [-0.2, -0.15) is 0 Å². The molecule has 0 atom stereocenters. The van der Waals surface area contributed by atoms with Crippen LogP contribution in [0.15, 0.2) is 18.2 Å². The van der Waals surface area contributed by atoms with E-state index in [0.29, 0.717) is 17.3 Å². The minimum atomic E-state index is -0.395. The summed E-state index contributed by atoms with van der Waals surface area (Å²) < 4.78 is 4.69. The first-order valence-corrected chi connectivity index (χ1v) is 5.84. The maximum absolute atomic E-state index is 11.5. The smallest absolute Gasteiger partial charge is 0.340 e. The second-order valence-electron chi connectivity index (χ2n) is 4.71. The predicted molar refractivity (Wildman–Crippen MR) is 68.0 cm³/mol. The minimum absolute atomic E-state index is 0.395. The first kappa shape index (κ1) is 11.8. The molecule has 4 nitrogen and oxygen atoms in total. The van der Waals surface area contributed by atoms with Gasteiger partial charge in [-0.15, -0.1) is 0 Å². The van der Waals surface area contributed by atoms with Crippen molar-refractivity contribution < 1.29 is 9.53 Å². The number of anilines is 2. The number of nitrogens with one attached hydrogen (secondary N) is 1. The van der Waals surface area contributed by atoms with Crippen molar-refractivity contribution in [2.45, 2.75) is 25.8 Å². The number of hydrogen-bond acceptors (Lipinski definition) is 4. The summed E-state index contributed by atoms with van der Waals surface area (Å²) >= 11 is 0. The van der Waals surface area contributed by atoms with Crippen molar-refractivity contribution in [3.63, 3.8) is 0 Å². The van der Waals surface area contributed by atoms with Gasteiger partial charge in [0.2, 0.25) is 0 Å². The number of nitrogens with two attached hydrogens (primary N) is 1. The number of nitrogen functional groups attached to an aromatic ring is 1. The summed E-state index contributed by atoms with van der Waals surface area (Å²) in [6.07, 6.45) is 2.36. The minimum Gasteiger partial charge on any atom is -0.465 e. The zero-order valence-electron chi connectivity index (χ0n) is 10.2. The number of esters is 1. The number of hydrogen-bond donors (Lipinski definition) is 2. The van der Waals surface area contributed by atoms with E-state index in [1.54, 1.807) is 12.1 Å². The lowest BCUT2D eigenvalue weighted by molar-refractivity contribution is 0.0602. The zero-order chi connectivity index (χ0) is 12.4. The summed E-state index contributed by atoms with van der Waals surface area (Å²) in [7, 11) is 1.36. The number of benzene rings is 1. The van der Waals surface area contributed by atoms with Gasteiger partial charge < -0.3 is 15.8 Å². The van der Waals surface area contributed by atoms with Gasteiger partial charge in [0.1, 0.15) is 0 Å². The van der Waals surface area contributed by atoms with Gasteiger partial charge in [-0.05, 0) is 37.0 Å². The van der Waals surface area contributed by atoms with Crippen LogP contribution in [0.3, 0.4) is 0 Å². The second-order valence-corrected chi connectivity index (χ2v) is 4.71. The molecule has 4 heteroatoms. The third kappa shape index (κ3) is 2.52. The summed E-state index contributed by atoms with van der Waals surface area (Å²) in [5.74, 6) is 0.398. The first-order chi connectivity index (χ1) is 8.10. The van der Waals surface area contributed by atoms with Crippen molar-refractivity contribution in [1.82, 2.24) is 0 Å². The number of methoxy groups -OCH3 is 1. The summed E-state index contributed by atoms with van der Waals surface area (Å²) in [5.41, 5.74) is 7.53. The van der Waals surface area contributed by atoms with Crippen LogP contribution >= 0.6 is 0 Å². The Morgan fingerprint density at radius 1 is 1.47 bits per heavy atom. The average Bonchev–Trinajstić information content (AvgIpc) is 2.28. The van der Waals surface area contributed by atoms with Crippen LogP contribution in [0.5, 0.6) is 0 Å². The van der Waals surface area contributed by atoms with Crippen LogP contribution in [0.2, 0.25) is 0 Å². The predicted octanol–water partition coefficient (Wildman–Crippen LogP) is 2.27. The van der Waals surface area contributed by atoms with Gasteiger partial charge in [-0.3, -0.25) is 0 Å². The van der Waals surface area contributed by atoms with Crippen molar-refractivity contribution in [3.05, 3.63) is 23.8 Å². The van der Waals surface area contributed by atoms with Gasteiger partial charge in [0.15, 0.2) is 0 Å². The molecular formula is C13H18N2O2. The van der Waals surface area contributed by atoms with Gasteiger partial charge in [-0.25, -0.2) is 4.79 Å². The molecule has 0 amide bonds. The molecule has 2 rings (SSSR count). The summed E-state index contributed by atoms with van der Waals surface area (Å²) in [5, 5.41) is 3.39. The lowest BCUT2D eigenvalue weighted by Gasteiger charge is -2.34. The molecule has 1 fully saturated rings. The Hall–Kier alpha value is -1.71. The molecule has 0 saturated heterocycles. The van der Waals surface area contributed by atoms with Crippen LogP contribution in [-0.2, 0) is 4.74 Å². The highest BCUT2D eigenvalue weighted by molar-refractivity contribution is 5.96. The Bertz CT molecular complexity index is 425. The van der Waals surface area contributed by atoms with E-state index in [-0.39, 0.29) is 0 Å². The fourth-order valence-corrected chi connectivity index (χ4v) is 2.19. The van der Waals surface area contributed by atoms with Crippen molar-refractivity contribution in [2.24, 2.45) is 5.92 Å². The van der Waals surface area contributed by atoms with Crippen molar-refractivity contribution in [1.29, 1.82) is 0 Å². The SMILES string of the molecule is COC(=O)c1cc(NC2CC(C)C2)ccc1N. The van der Waals surface area contributed by atoms with Crippen LogP contribution in [0.4, 0.5) is 11.4 Å². The lowest BCUT2D eigenvalue weighted by Crippen LogP contribution is -2.33. The third-order valence-electron chi connectivity index (χ3n) is 3.20. The zero-order valence-corrected chi connectivity index (χ0v) is 10.2. The van der Waals surface area contributed by atoms with Crippen LogP contribution < -0.4 is 11.1 Å². The van der Waals surface area contributed by atoms with E-state index in [0.717, 1.165) is 11.6 Å². The average molecular weight is 234 g/mol.